The summed E-state index contributed by atoms with van der Waals surface area (Å²) >= 11 is 0. The third-order valence-corrected chi connectivity index (χ3v) is 2.56. The number of likely N-dealkylation sites (tertiary alicyclic amines) is 1. The van der Waals surface area contributed by atoms with Crippen molar-refractivity contribution in [3.63, 3.8) is 0 Å². The van der Waals surface area contributed by atoms with Crippen LogP contribution in [-0.2, 0) is 4.79 Å². The first-order chi connectivity index (χ1) is 4.80. The number of carbonyl (C=O) groups excluding carboxylic acids is 1. The Morgan fingerprint density at radius 2 is 2.20 bits per heavy atom. The van der Waals surface area contributed by atoms with Crippen LogP contribution in [0.3, 0.4) is 0 Å². The highest BCUT2D eigenvalue weighted by Crippen LogP contribution is 2.33. The van der Waals surface area contributed by atoms with E-state index in [1.165, 1.54) is 0 Å². The molecule has 1 heterocycles. The maximum atomic E-state index is 11.1. The van der Waals surface area contributed by atoms with Crippen molar-refractivity contribution in [1.82, 2.24) is 4.90 Å². The van der Waals surface area contributed by atoms with Gasteiger partial charge in [0.25, 0.3) is 0 Å². The van der Waals surface area contributed by atoms with Crippen molar-refractivity contribution in [1.29, 1.82) is 0 Å². The Morgan fingerprint density at radius 3 is 2.90 bits per heavy atom. The lowest BCUT2D eigenvalue weighted by Gasteiger charge is -2.46. The summed E-state index contributed by atoms with van der Waals surface area (Å²) in [7, 11) is 1.89. The zero-order valence-electron chi connectivity index (χ0n) is 6.08. The number of β-lactam (4-membered cyclic amide) rings is 1. The van der Waals surface area contributed by atoms with Crippen LogP contribution in [0.5, 0.6) is 0 Å². The second-order valence-electron chi connectivity index (χ2n) is 3.07. The molecule has 0 aromatic heterocycles. The minimum Gasteiger partial charge on any atom is -0.341 e. The highest BCUT2D eigenvalue weighted by Gasteiger charge is 2.44. The molecule has 2 heteroatoms. The summed E-state index contributed by atoms with van der Waals surface area (Å²) in [5.74, 6) is 0.657. The smallest absolute Gasteiger partial charge is 0.228 e. The molecule has 1 amide bonds. The van der Waals surface area contributed by atoms with Crippen LogP contribution in [0.25, 0.3) is 0 Å². The molecule has 2 rings (SSSR count). The molecule has 0 radical (unpaired) electrons. The Balaban J connectivity index is 2.15. The van der Waals surface area contributed by atoms with E-state index in [1.54, 1.807) is 0 Å². The van der Waals surface area contributed by atoms with Crippen LogP contribution in [0, 0.1) is 5.92 Å². The molecule has 2 unspecified atom stereocenters. The summed E-state index contributed by atoms with van der Waals surface area (Å²) < 4.78 is 0. The number of fused-ring (bicyclic) bond motifs is 1. The van der Waals surface area contributed by atoms with Crippen molar-refractivity contribution in [2.75, 3.05) is 7.05 Å². The minimum atomic E-state index is 0.328. The summed E-state index contributed by atoms with van der Waals surface area (Å²) in [5, 5.41) is 0. The van der Waals surface area contributed by atoms with E-state index in [9.17, 15) is 4.79 Å². The van der Waals surface area contributed by atoms with Crippen molar-refractivity contribution in [2.24, 2.45) is 5.92 Å². The van der Waals surface area contributed by atoms with Gasteiger partial charge in [-0.15, -0.1) is 0 Å². The second kappa shape index (κ2) is 1.84. The molecule has 0 N–H and O–H groups in total. The van der Waals surface area contributed by atoms with E-state index in [-0.39, 0.29) is 0 Å². The molecule has 2 atom stereocenters. The molecule has 0 bridgehead atoms. The van der Waals surface area contributed by atoms with Gasteiger partial charge in [0.05, 0.1) is 5.92 Å². The van der Waals surface area contributed by atoms with Gasteiger partial charge in [0, 0.05) is 13.1 Å². The van der Waals surface area contributed by atoms with Crippen LogP contribution >= 0.6 is 0 Å². The number of allylic oxidation sites excluding steroid dienone is 1. The maximum absolute atomic E-state index is 11.1. The van der Waals surface area contributed by atoms with Crippen molar-refractivity contribution < 1.29 is 4.79 Å². The first kappa shape index (κ1) is 5.96. The quantitative estimate of drug-likeness (QED) is 0.357. The van der Waals surface area contributed by atoms with Gasteiger partial charge >= 0.3 is 0 Å². The van der Waals surface area contributed by atoms with Gasteiger partial charge in [-0.3, -0.25) is 4.79 Å². The first-order valence-corrected chi connectivity index (χ1v) is 3.72. The van der Waals surface area contributed by atoms with Crippen molar-refractivity contribution in [3.8, 4) is 0 Å². The predicted octanol–water partition coefficient (Wildman–Crippen LogP) is 0.793. The predicted molar refractivity (Wildman–Crippen MR) is 38.4 cm³/mol. The lowest BCUT2D eigenvalue weighted by molar-refractivity contribution is -0.153. The number of hydrogen-bond acceptors (Lipinski definition) is 1. The molecule has 10 heavy (non-hydrogen) atoms. The molecule has 1 aliphatic heterocycles. The van der Waals surface area contributed by atoms with Crippen LogP contribution in [0.1, 0.15) is 12.8 Å². The van der Waals surface area contributed by atoms with Gasteiger partial charge in [0.2, 0.25) is 5.91 Å². The highest BCUT2D eigenvalue weighted by molar-refractivity contribution is 5.86. The third kappa shape index (κ3) is 0.564. The van der Waals surface area contributed by atoms with E-state index in [1.807, 2.05) is 11.9 Å². The van der Waals surface area contributed by atoms with E-state index in [4.69, 9.17) is 0 Å². The van der Waals surface area contributed by atoms with Gasteiger partial charge in [-0.05, 0) is 12.8 Å². The number of amides is 1. The third-order valence-electron chi connectivity index (χ3n) is 2.56. The average Bonchev–Trinajstić information content (AvgIpc) is 2.03. The van der Waals surface area contributed by atoms with Crippen molar-refractivity contribution in [3.05, 3.63) is 12.2 Å². The molecule has 0 aromatic carbocycles. The Labute approximate surface area is 60.5 Å². The van der Waals surface area contributed by atoms with E-state index in [0.29, 0.717) is 17.9 Å². The molecular weight excluding hydrogens is 126 g/mol. The highest BCUT2D eigenvalue weighted by atomic mass is 16.2. The molecule has 2 aliphatic rings. The van der Waals surface area contributed by atoms with Gasteiger partial charge in [-0.25, -0.2) is 0 Å². The molecule has 0 aromatic rings. The SMILES string of the molecule is CN1C(=O)C2CC=CCC21. The average molecular weight is 137 g/mol. The molecule has 2 nitrogen and oxygen atoms in total. The monoisotopic (exact) mass is 137 g/mol. The first-order valence-electron chi connectivity index (χ1n) is 3.72. The van der Waals surface area contributed by atoms with Crippen LogP contribution in [0.2, 0.25) is 0 Å². The lowest BCUT2D eigenvalue weighted by Crippen LogP contribution is -2.59. The number of hydrogen-bond donors (Lipinski definition) is 0. The number of nitrogens with zero attached hydrogens (tertiary/aromatic N) is 1. The van der Waals surface area contributed by atoms with Crippen molar-refractivity contribution >= 4 is 5.91 Å². The van der Waals surface area contributed by atoms with Gasteiger partial charge in [0.1, 0.15) is 0 Å². The summed E-state index contributed by atoms with van der Waals surface area (Å²) in [6.07, 6.45) is 6.32. The Morgan fingerprint density at radius 1 is 1.50 bits per heavy atom. The minimum absolute atomic E-state index is 0.328. The second-order valence-corrected chi connectivity index (χ2v) is 3.07. The van der Waals surface area contributed by atoms with Gasteiger partial charge in [-0.2, -0.15) is 0 Å². The van der Waals surface area contributed by atoms with E-state index >= 15 is 0 Å². The lowest BCUT2D eigenvalue weighted by atomic mass is 9.80. The Hall–Kier alpha value is -0.790. The van der Waals surface area contributed by atoms with Crippen molar-refractivity contribution in [2.45, 2.75) is 18.9 Å². The molecule has 54 valence electrons. The van der Waals surface area contributed by atoms with Gasteiger partial charge < -0.3 is 4.90 Å². The van der Waals surface area contributed by atoms with Gasteiger partial charge in [-0.1, -0.05) is 12.2 Å². The van der Waals surface area contributed by atoms with E-state index in [0.717, 1.165) is 12.8 Å². The fourth-order valence-corrected chi connectivity index (χ4v) is 1.84. The van der Waals surface area contributed by atoms with Crippen LogP contribution in [-0.4, -0.2) is 23.9 Å². The van der Waals surface area contributed by atoms with E-state index < -0.39 is 0 Å². The largest absolute Gasteiger partial charge is 0.341 e. The standard InChI is InChI=1S/C8H11NO/c1-9-7-5-3-2-4-6(7)8(9)10/h2-3,6-7H,4-5H2,1H3. The summed E-state index contributed by atoms with van der Waals surface area (Å²) in [5.41, 5.74) is 0. The van der Waals surface area contributed by atoms with Crippen LogP contribution < -0.4 is 0 Å². The molecule has 1 aliphatic carbocycles. The molecule has 1 fully saturated rings. The summed E-state index contributed by atoms with van der Waals surface area (Å²) in [6, 6.07) is 0.525. The fraction of sp³-hybridized carbons (Fsp3) is 0.625. The van der Waals surface area contributed by atoms with Gasteiger partial charge in [0.15, 0.2) is 0 Å². The normalized spacial score (nSPS) is 37.3. The van der Waals surface area contributed by atoms with Crippen LogP contribution in [0.4, 0.5) is 0 Å². The number of carbonyl (C=O) groups is 1. The molecular formula is C8H11NO. The zero-order valence-corrected chi connectivity index (χ0v) is 6.08. The Kier molecular flexibility index (Phi) is 1.10. The zero-order chi connectivity index (χ0) is 7.14. The molecule has 1 saturated heterocycles. The van der Waals surface area contributed by atoms with Crippen LogP contribution in [0.15, 0.2) is 12.2 Å². The fourth-order valence-electron chi connectivity index (χ4n) is 1.84. The molecule has 0 saturated carbocycles. The maximum Gasteiger partial charge on any atom is 0.228 e. The molecule has 0 spiro atoms. The van der Waals surface area contributed by atoms with E-state index in [2.05, 4.69) is 12.2 Å². The topological polar surface area (TPSA) is 20.3 Å². The summed E-state index contributed by atoms with van der Waals surface area (Å²) in [4.78, 5) is 12.9. The number of rotatable bonds is 0. The summed E-state index contributed by atoms with van der Waals surface area (Å²) in [6.45, 7) is 0. The Bertz CT molecular complexity index is 197.